The zero-order valence-electron chi connectivity index (χ0n) is 18.9. The average molecular weight is 476 g/mol. The Morgan fingerprint density at radius 2 is 1.81 bits per heavy atom. The molecular formula is C23H29N3O4S2. The molecule has 0 radical (unpaired) electrons. The number of carbonyl (C=O) groups excluding carboxylic acids is 1. The molecule has 0 unspecified atom stereocenters. The number of hydrogen-bond donors (Lipinski definition) is 0. The van der Waals surface area contributed by atoms with Crippen LogP contribution in [0.4, 0.5) is 5.13 Å². The number of thiazole rings is 1. The molecule has 0 bridgehead atoms. The number of carbonyl (C=O) groups is 1. The summed E-state index contributed by atoms with van der Waals surface area (Å²) in [6.07, 6.45) is 0.641. The van der Waals surface area contributed by atoms with Crippen LogP contribution in [0.1, 0.15) is 18.4 Å². The van der Waals surface area contributed by atoms with E-state index in [4.69, 9.17) is 4.74 Å². The van der Waals surface area contributed by atoms with Crippen LogP contribution in [-0.2, 0) is 14.6 Å². The number of fused-ring (bicyclic) bond motifs is 1. The Labute approximate surface area is 193 Å². The van der Waals surface area contributed by atoms with E-state index in [1.807, 2.05) is 44.1 Å². The summed E-state index contributed by atoms with van der Waals surface area (Å²) in [4.78, 5) is 21.7. The lowest BCUT2D eigenvalue weighted by atomic mass is 10.2. The summed E-state index contributed by atoms with van der Waals surface area (Å²) in [5.74, 6) is 0.151. The molecular weight excluding hydrogens is 446 g/mol. The first-order valence-electron chi connectivity index (χ1n) is 10.4. The van der Waals surface area contributed by atoms with Crippen molar-refractivity contribution in [2.75, 3.05) is 44.9 Å². The standard InChI is InChI=1S/C23H29N3O4S2/c1-17-9-11-18(12-10-17)32(28,29)16-13-21(27)26(15-6-14-25(2)3)23-24-22-19(30-4)7-5-8-20(22)31-23/h5,7-12H,6,13-16H2,1-4H3. The number of amides is 1. The zero-order valence-corrected chi connectivity index (χ0v) is 20.5. The van der Waals surface area contributed by atoms with Gasteiger partial charge >= 0.3 is 0 Å². The van der Waals surface area contributed by atoms with Gasteiger partial charge in [0.05, 0.1) is 22.5 Å². The molecule has 32 heavy (non-hydrogen) atoms. The van der Waals surface area contributed by atoms with E-state index in [-0.39, 0.29) is 23.0 Å². The smallest absolute Gasteiger partial charge is 0.229 e. The van der Waals surface area contributed by atoms with Crippen LogP contribution in [0.25, 0.3) is 10.2 Å². The molecule has 0 saturated carbocycles. The first-order chi connectivity index (χ1) is 15.2. The summed E-state index contributed by atoms with van der Waals surface area (Å²) in [6, 6.07) is 12.3. The Morgan fingerprint density at radius 1 is 1.09 bits per heavy atom. The summed E-state index contributed by atoms with van der Waals surface area (Å²) < 4.78 is 31.8. The predicted molar refractivity (Wildman–Crippen MR) is 130 cm³/mol. The topological polar surface area (TPSA) is 79.8 Å². The van der Waals surface area contributed by atoms with E-state index in [0.29, 0.717) is 22.9 Å². The van der Waals surface area contributed by atoms with Crippen molar-refractivity contribution in [3.8, 4) is 5.75 Å². The van der Waals surface area contributed by atoms with Crippen LogP contribution in [0.3, 0.4) is 0 Å². The maximum Gasteiger partial charge on any atom is 0.229 e. The number of ether oxygens (including phenoxy) is 1. The van der Waals surface area contributed by atoms with Gasteiger partial charge in [-0.05, 0) is 58.3 Å². The maximum atomic E-state index is 13.2. The highest BCUT2D eigenvalue weighted by Crippen LogP contribution is 2.34. The molecule has 9 heteroatoms. The molecule has 1 amide bonds. The van der Waals surface area contributed by atoms with Crippen LogP contribution >= 0.6 is 11.3 Å². The Hall–Kier alpha value is -2.49. The number of methoxy groups -OCH3 is 1. The number of anilines is 1. The SMILES string of the molecule is COc1cccc2sc(N(CCCN(C)C)C(=O)CCS(=O)(=O)c3ccc(C)cc3)nc12. The van der Waals surface area contributed by atoms with Crippen molar-refractivity contribution in [1.29, 1.82) is 0 Å². The molecule has 0 atom stereocenters. The minimum Gasteiger partial charge on any atom is -0.494 e. The van der Waals surface area contributed by atoms with E-state index in [2.05, 4.69) is 4.98 Å². The molecule has 0 saturated heterocycles. The van der Waals surface area contributed by atoms with Gasteiger partial charge in [0, 0.05) is 13.0 Å². The van der Waals surface area contributed by atoms with Crippen LogP contribution in [0.5, 0.6) is 5.75 Å². The molecule has 0 aliphatic carbocycles. The molecule has 0 spiro atoms. The molecule has 0 aliphatic heterocycles. The molecule has 0 N–H and O–H groups in total. The van der Waals surface area contributed by atoms with Gasteiger partial charge in [-0.25, -0.2) is 13.4 Å². The predicted octanol–water partition coefficient (Wildman–Crippen LogP) is 3.76. The molecule has 0 fully saturated rings. The molecule has 1 aromatic heterocycles. The van der Waals surface area contributed by atoms with Gasteiger partial charge in [-0.15, -0.1) is 0 Å². The van der Waals surface area contributed by atoms with Gasteiger partial charge in [-0.2, -0.15) is 0 Å². The largest absolute Gasteiger partial charge is 0.494 e. The number of aryl methyl sites for hydroxylation is 1. The van der Waals surface area contributed by atoms with E-state index in [1.165, 1.54) is 11.3 Å². The molecule has 7 nitrogen and oxygen atoms in total. The van der Waals surface area contributed by atoms with E-state index < -0.39 is 9.84 Å². The first kappa shape index (κ1) is 24.2. The van der Waals surface area contributed by atoms with Crippen molar-refractivity contribution < 1.29 is 17.9 Å². The third kappa shape index (κ3) is 5.85. The van der Waals surface area contributed by atoms with E-state index in [9.17, 15) is 13.2 Å². The van der Waals surface area contributed by atoms with Crippen molar-refractivity contribution >= 4 is 42.4 Å². The molecule has 0 aliphatic rings. The highest BCUT2D eigenvalue weighted by molar-refractivity contribution is 7.91. The van der Waals surface area contributed by atoms with Gasteiger partial charge in [0.25, 0.3) is 0 Å². The minimum absolute atomic E-state index is 0.106. The molecule has 2 aromatic carbocycles. The fourth-order valence-electron chi connectivity index (χ4n) is 3.28. The van der Waals surface area contributed by atoms with Gasteiger partial charge in [-0.3, -0.25) is 9.69 Å². The molecule has 3 aromatic rings. The van der Waals surface area contributed by atoms with Gasteiger partial charge in [0.1, 0.15) is 11.3 Å². The Bertz CT molecular complexity index is 1170. The van der Waals surface area contributed by atoms with Crippen molar-refractivity contribution in [3.63, 3.8) is 0 Å². The summed E-state index contributed by atoms with van der Waals surface area (Å²) in [5.41, 5.74) is 1.69. The van der Waals surface area contributed by atoms with Crippen molar-refractivity contribution in [3.05, 3.63) is 48.0 Å². The average Bonchev–Trinajstić information content (AvgIpc) is 3.19. The summed E-state index contributed by atoms with van der Waals surface area (Å²) >= 11 is 1.40. The Morgan fingerprint density at radius 3 is 2.47 bits per heavy atom. The van der Waals surface area contributed by atoms with Crippen molar-refractivity contribution in [1.82, 2.24) is 9.88 Å². The highest BCUT2D eigenvalue weighted by atomic mass is 32.2. The number of benzene rings is 2. The van der Waals surface area contributed by atoms with Gasteiger partial charge in [-0.1, -0.05) is 35.1 Å². The second-order valence-corrected chi connectivity index (χ2v) is 11.0. The quantitative estimate of drug-likeness (QED) is 0.444. The van der Waals surface area contributed by atoms with Gasteiger partial charge in [0.15, 0.2) is 15.0 Å². The fourth-order valence-corrected chi connectivity index (χ4v) is 5.54. The number of para-hydroxylation sites is 1. The Balaban J connectivity index is 1.81. The monoisotopic (exact) mass is 475 g/mol. The lowest BCUT2D eigenvalue weighted by Crippen LogP contribution is -2.34. The van der Waals surface area contributed by atoms with Crippen LogP contribution in [-0.4, -0.2) is 64.3 Å². The summed E-state index contributed by atoms with van der Waals surface area (Å²) in [7, 11) is 1.99. The first-order valence-corrected chi connectivity index (χ1v) is 12.9. The number of aromatic nitrogens is 1. The van der Waals surface area contributed by atoms with Gasteiger partial charge < -0.3 is 9.64 Å². The van der Waals surface area contributed by atoms with Crippen LogP contribution < -0.4 is 9.64 Å². The summed E-state index contributed by atoms with van der Waals surface area (Å²) in [6.45, 7) is 3.17. The zero-order chi connectivity index (χ0) is 23.3. The van der Waals surface area contributed by atoms with Crippen molar-refractivity contribution in [2.24, 2.45) is 0 Å². The number of sulfone groups is 1. The van der Waals surface area contributed by atoms with E-state index in [1.54, 1.807) is 36.3 Å². The molecule has 172 valence electrons. The lowest BCUT2D eigenvalue weighted by Gasteiger charge is -2.21. The van der Waals surface area contributed by atoms with E-state index >= 15 is 0 Å². The Kier molecular flexibility index (Phi) is 7.86. The summed E-state index contributed by atoms with van der Waals surface area (Å²) in [5, 5.41) is 0.556. The van der Waals surface area contributed by atoms with Gasteiger partial charge in [0.2, 0.25) is 5.91 Å². The van der Waals surface area contributed by atoms with Crippen LogP contribution in [0.2, 0.25) is 0 Å². The normalized spacial score (nSPS) is 11.8. The number of nitrogens with zero attached hydrogens (tertiary/aromatic N) is 3. The molecule has 3 rings (SSSR count). The third-order valence-corrected chi connectivity index (χ3v) is 7.85. The second-order valence-electron chi connectivity index (χ2n) is 7.89. The third-order valence-electron chi connectivity index (χ3n) is 5.07. The maximum absolute atomic E-state index is 13.2. The lowest BCUT2D eigenvalue weighted by molar-refractivity contribution is -0.118. The minimum atomic E-state index is -3.55. The fraction of sp³-hybridized carbons (Fsp3) is 0.391. The molecule has 1 heterocycles. The number of hydrogen-bond acceptors (Lipinski definition) is 7. The highest BCUT2D eigenvalue weighted by Gasteiger charge is 2.23. The van der Waals surface area contributed by atoms with E-state index in [0.717, 1.165) is 23.2 Å². The van der Waals surface area contributed by atoms with Crippen LogP contribution in [0, 0.1) is 6.92 Å². The van der Waals surface area contributed by atoms with Crippen molar-refractivity contribution in [2.45, 2.75) is 24.7 Å². The second kappa shape index (κ2) is 10.4. The number of rotatable bonds is 10. The van der Waals surface area contributed by atoms with Crippen LogP contribution in [0.15, 0.2) is 47.4 Å².